The van der Waals surface area contributed by atoms with Crippen molar-refractivity contribution in [3.8, 4) is 0 Å². The van der Waals surface area contributed by atoms with Crippen LogP contribution in [0.1, 0.15) is 69.9 Å². The number of nitrogens with zero attached hydrogens (tertiary/aromatic N) is 2. The third-order valence-electron chi connectivity index (χ3n) is 9.58. The largest absolute Gasteiger partial charge is 0.484 e. The maximum Gasteiger partial charge on any atom is 0.484 e. The molecule has 1 aromatic carbocycles. The highest BCUT2D eigenvalue weighted by molar-refractivity contribution is 6.50. The third-order valence-corrected chi connectivity index (χ3v) is 9.58. The Bertz CT molecular complexity index is 1250. The third kappa shape index (κ3) is 6.10. The summed E-state index contributed by atoms with van der Waals surface area (Å²) in [5.41, 5.74) is 4.35. The molecule has 0 amide bonds. The van der Waals surface area contributed by atoms with Gasteiger partial charge in [-0.3, -0.25) is 9.29 Å². The summed E-state index contributed by atoms with van der Waals surface area (Å²) >= 11 is 0. The number of allylic oxidation sites excluding steroid dienone is 4. The first kappa shape index (κ1) is 28.8. The molecule has 1 saturated heterocycles. The first-order valence-electron chi connectivity index (χ1n) is 15.3. The van der Waals surface area contributed by atoms with Gasteiger partial charge in [0.05, 0.1) is 12.7 Å². The van der Waals surface area contributed by atoms with Crippen molar-refractivity contribution in [3.05, 3.63) is 75.8 Å². The Labute approximate surface area is 241 Å². The van der Waals surface area contributed by atoms with Gasteiger partial charge in [0.1, 0.15) is 11.6 Å². The van der Waals surface area contributed by atoms with Gasteiger partial charge in [0, 0.05) is 49.0 Å². The number of nitrogens with one attached hydrogen (secondary N) is 1. The maximum absolute atomic E-state index is 16.1. The fourth-order valence-corrected chi connectivity index (χ4v) is 7.40. The second-order valence-corrected chi connectivity index (χ2v) is 12.5. The Morgan fingerprint density at radius 2 is 1.88 bits per heavy atom. The zero-order valence-electron chi connectivity index (χ0n) is 23.8. The molecular formula is C32H41BF3N3O2. The Kier molecular flexibility index (Phi) is 8.50. The van der Waals surface area contributed by atoms with E-state index in [2.05, 4.69) is 40.3 Å². The van der Waals surface area contributed by atoms with Crippen molar-refractivity contribution in [2.45, 2.75) is 82.5 Å². The molecule has 4 atom stereocenters. The number of hydrogen-bond acceptors (Lipinski definition) is 5. The summed E-state index contributed by atoms with van der Waals surface area (Å²) in [5.74, 6) is -0.475. The van der Waals surface area contributed by atoms with E-state index in [1.165, 1.54) is 30.5 Å². The lowest BCUT2D eigenvalue weighted by Gasteiger charge is -2.48. The van der Waals surface area contributed by atoms with Crippen LogP contribution in [0.15, 0.2) is 58.6 Å². The lowest BCUT2D eigenvalue weighted by Crippen LogP contribution is -2.48. The molecule has 1 saturated carbocycles. The van der Waals surface area contributed by atoms with E-state index in [4.69, 9.17) is 0 Å². The fraction of sp³-hybridized carbons (Fsp3) is 0.562. The molecule has 1 aromatic rings. The fourth-order valence-electron chi connectivity index (χ4n) is 7.40. The van der Waals surface area contributed by atoms with Crippen molar-refractivity contribution >= 4 is 12.8 Å². The van der Waals surface area contributed by atoms with Crippen LogP contribution >= 0.6 is 0 Å². The van der Waals surface area contributed by atoms with Gasteiger partial charge in [0.15, 0.2) is 0 Å². The van der Waals surface area contributed by atoms with E-state index in [1.54, 1.807) is 0 Å². The molecular weight excluding hydrogens is 526 g/mol. The Balaban J connectivity index is 1.31. The van der Waals surface area contributed by atoms with E-state index in [1.807, 2.05) is 6.08 Å². The molecule has 220 valence electrons. The van der Waals surface area contributed by atoms with E-state index in [0.717, 1.165) is 37.1 Å². The molecule has 9 heteroatoms. The molecule has 5 aliphatic rings. The second-order valence-electron chi connectivity index (χ2n) is 12.5. The molecule has 2 heterocycles. The SMILES string of the molecule is C[C@@H]1CC2=C(CCC(B(O)O)=C2)C(c2c(F)cc(NC3CCN(CCCF)C3)cc2F)N1C1C=CC(C2CC2)=CC1. The summed E-state index contributed by atoms with van der Waals surface area (Å²) in [6.45, 7) is 4.03. The topological polar surface area (TPSA) is 59.0 Å². The maximum atomic E-state index is 16.1. The molecule has 3 unspecified atom stereocenters. The lowest BCUT2D eigenvalue weighted by molar-refractivity contribution is 0.108. The van der Waals surface area contributed by atoms with Crippen LogP contribution in [0.4, 0.5) is 18.9 Å². The summed E-state index contributed by atoms with van der Waals surface area (Å²) < 4.78 is 44.8. The minimum absolute atomic E-state index is 0.00102. The van der Waals surface area contributed by atoms with E-state index in [0.29, 0.717) is 49.3 Å². The van der Waals surface area contributed by atoms with Crippen molar-refractivity contribution < 1.29 is 23.2 Å². The molecule has 3 N–H and O–H groups in total. The van der Waals surface area contributed by atoms with Crippen LogP contribution < -0.4 is 5.32 Å². The molecule has 0 bridgehead atoms. The van der Waals surface area contributed by atoms with Crippen LogP contribution in [-0.4, -0.2) is 71.4 Å². The van der Waals surface area contributed by atoms with Gasteiger partial charge in [0.25, 0.3) is 0 Å². The Hall–Kier alpha value is -2.33. The molecule has 5 nitrogen and oxygen atoms in total. The number of anilines is 1. The molecule has 6 rings (SSSR count). The Morgan fingerprint density at radius 3 is 2.54 bits per heavy atom. The van der Waals surface area contributed by atoms with Crippen molar-refractivity contribution in [2.24, 2.45) is 5.92 Å². The summed E-state index contributed by atoms with van der Waals surface area (Å²) in [5, 5.41) is 23.0. The van der Waals surface area contributed by atoms with Crippen LogP contribution in [-0.2, 0) is 0 Å². The average Bonchev–Trinajstić information content (AvgIpc) is 3.70. The predicted molar refractivity (Wildman–Crippen MR) is 157 cm³/mol. The Morgan fingerprint density at radius 1 is 1.10 bits per heavy atom. The molecule has 0 aromatic heterocycles. The molecule has 0 radical (unpaired) electrons. The van der Waals surface area contributed by atoms with Gasteiger partial charge in [0.2, 0.25) is 0 Å². The standard InChI is InChI=1S/C32H41BF3N3O2/c1-20-15-23-16-24(33(40)41)7-10-28(23)32(39(20)27-8-5-22(6-9-27)21-3-4-21)31-29(35)17-26(18-30(31)36)37-25-11-14-38(19-25)13-2-12-34/h5-6,8,16-18,20-21,25,27,32,37,40-41H,2-4,7,9-15,19H2,1H3/t20-,25?,27?,32?/m1/s1. The second kappa shape index (κ2) is 12.1. The van der Waals surface area contributed by atoms with Gasteiger partial charge in [-0.05, 0) is 98.5 Å². The van der Waals surface area contributed by atoms with Crippen molar-refractivity contribution in [1.29, 1.82) is 0 Å². The first-order chi connectivity index (χ1) is 19.8. The molecule has 2 fully saturated rings. The molecule has 2 aliphatic heterocycles. The number of rotatable bonds is 9. The lowest BCUT2D eigenvalue weighted by atomic mass is 9.68. The van der Waals surface area contributed by atoms with E-state index < -0.39 is 24.8 Å². The number of benzene rings is 1. The summed E-state index contributed by atoms with van der Waals surface area (Å²) in [7, 11) is -1.52. The highest BCUT2D eigenvalue weighted by Crippen LogP contribution is 2.48. The summed E-state index contributed by atoms with van der Waals surface area (Å²) in [6.07, 6.45) is 14.9. The van der Waals surface area contributed by atoms with E-state index >= 15 is 8.78 Å². The molecule has 3 aliphatic carbocycles. The number of alkyl halides is 1. The van der Waals surface area contributed by atoms with Crippen LogP contribution in [0, 0.1) is 17.6 Å². The summed E-state index contributed by atoms with van der Waals surface area (Å²) in [4.78, 5) is 4.46. The highest BCUT2D eigenvalue weighted by Gasteiger charge is 2.42. The van der Waals surface area contributed by atoms with Crippen LogP contribution in [0.5, 0.6) is 0 Å². The first-order valence-corrected chi connectivity index (χ1v) is 15.3. The van der Waals surface area contributed by atoms with Gasteiger partial charge in [-0.15, -0.1) is 0 Å². The van der Waals surface area contributed by atoms with Gasteiger partial charge in [-0.25, -0.2) is 8.78 Å². The van der Waals surface area contributed by atoms with Crippen LogP contribution in [0.25, 0.3) is 0 Å². The molecule has 0 spiro atoms. The summed E-state index contributed by atoms with van der Waals surface area (Å²) in [6, 6.07) is 2.34. The van der Waals surface area contributed by atoms with Gasteiger partial charge < -0.3 is 20.3 Å². The molecule has 41 heavy (non-hydrogen) atoms. The zero-order chi connectivity index (χ0) is 28.7. The van der Waals surface area contributed by atoms with Gasteiger partial charge in [-0.2, -0.15) is 0 Å². The van der Waals surface area contributed by atoms with Gasteiger partial charge in [-0.1, -0.05) is 24.3 Å². The number of hydrogen-bond donors (Lipinski definition) is 3. The van der Waals surface area contributed by atoms with Crippen molar-refractivity contribution in [3.63, 3.8) is 0 Å². The number of halogens is 3. The smallest absolute Gasteiger partial charge is 0.423 e. The average molecular weight is 568 g/mol. The minimum Gasteiger partial charge on any atom is -0.423 e. The minimum atomic E-state index is -1.52. The number of likely N-dealkylation sites (tertiary alicyclic amines) is 1. The van der Waals surface area contributed by atoms with Crippen molar-refractivity contribution in [1.82, 2.24) is 9.80 Å². The van der Waals surface area contributed by atoms with Crippen LogP contribution in [0.2, 0.25) is 0 Å². The van der Waals surface area contributed by atoms with Crippen LogP contribution in [0.3, 0.4) is 0 Å². The van der Waals surface area contributed by atoms with Crippen molar-refractivity contribution in [2.75, 3.05) is 31.6 Å². The van der Waals surface area contributed by atoms with Gasteiger partial charge >= 0.3 is 7.12 Å². The van der Waals surface area contributed by atoms with E-state index in [9.17, 15) is 14.4 Å². The monoisotopic (exact) mass is 567 g/mol. The van der Waals surface area contributed by atoms with E-state index in [-0.39, 0.29) is 30.4 Å². The predicted octanol–water partition coefficient (Wildman–Crippen LogP) is 5.64. The zero-order valence-corrected chi connectivity index (χ0v) is 23.8. The quantitative estimate of drug-likeness (QED) is 0.338. The highest BCUT2D eigenvalue weighted by atomic mass is 19.1. The normalized spacial score (nSPS) is 28.9.